The number of benzene rings is 2. The van der Waals surface area contributed by atoms with Gasteiger partial charge in [0.25, 0.3) is 5.91 Å². The van der Waals surface area contributed by atoms with E-state index in [1.165, 1.54) is 0 Å². The van der Waals surface area contributed by atoms with Gasteiger partial charge in [-0.1, -0.05) is 24.3 Å². The fourth-order valence-electron chi connectivity index (χ4n) is 3.59. The van der Waals surface area contributed by atoms with E-state index >= 15 is 0 Å². The SMILES string of the molecule is COc1ccccc1N1CCN(C(=O)c2ccc(Cn3cc(Br)cn3)cc2)CC1. The van der Waals surface area contributed by atoms with Crippen LogP contribution in [0, 0.1) is 0 Å². The first-order valence-electron chi connectivity index (χ1n) is 9.58. The van der Waals surface area contributed by atoms with Crippen molar-refractivity contribution in [2.75, 3.05) is 38.2 Å². The molecule has 0 spiro atoms. The van der Waals surface area contributed by atoms with Crippen LogP contribution in [-0.2, 0) is 6.54 Å². The van der Waals surface area contributed by atoms with Gasteiger partial charge < -0.3 is 14.5 Å². The molecule has 0 N–H and O–H groups in total. The molecule has 0 saturated carbocycles. The third-order valence-electron chi connectivity index (χ3n) is 5.14. The Kier molecular flexibility index (Phi) is 5.85. The van der Waals surface area contributed by atoms with Crippen molar-refractivity contribution in [3.05, 3.63) is 76.5 Å². The van der Waals surface area contributed by atoms with Gasteiger partial charge >= 0.3 is 0 Å². The standard InChI is InChI=1S/C22H23BrN4O2/c1-29-21-5-3-2-4-20(21)25-10-12-26(13-11-25)22(28)18-8-6-17(7-9-18)15-27-16-19(23)14-24-27/h2-9,14,16H,10-13,15H2,1H3. The highest BCUT2D eigenvalue weighted by Gasteiger charge is 2.23. The van der Waals surface area contributed by atoms with Gasteiger partial charge in [-0.2, -0.15) is 5.10 Å². The number of amides is 1. The molecule has 1 saturated heterocycles. The predicted molar refractivity (Wildman–Crippen MR) is 117 cm³/mol. The molecule has 2 aromatic carbocycles. The summed E-state index contributed by atoms with van der Waals surface area (Å²) in [4.78, 5) is 17.1. The van der Waals surface area contributed by atoms with Crippen LogP contribution in [0.1, 0.15) is 15.9 Å². The van der Waals surface area contributed by atoms with E-state index in [1.807, 2.05) is 58.2 Å². The molecular weight excluding hydrogens is 432 g/mol. The Hall–Kier alpha value is -2.80. The average molecular weight is 455 g/mol. The summed E-state index contributed by atoms with van der Waals surface area (Å²) in [6.45, 7) is 3.65. The topological polar surface area (TPSA) is 50.6 Å². The summed E-state index contributed by atoms with van der Waals surface area (Å²) in [5, 5.41) is 4.27. The van der Waals surface area contributed by atoms with Crippen molar-refractivity contribution in [3.8, 4) is 5.75 Å². The molecule has 0 aliphatic carbocycles. The quantitative estimate of drug-likeness (QED) is 0.590. The normalized spacial score (nSPS) is 14.1. The summed E-state index contributed by atoms with van der Waals surface area (Å²) < 4.78 is 8.28. The molecule has 1 amide bonds. The number of para-hydroxylation sites is 2. The molecule has 29 heavy (non-hydrogen) atoms. The third kappa shape index (κ3) is 4.45. The molecule has 2 heterocycles. The molecule has 150 valence electrons. The smallest absolute Gasteiger partial charge is 0.253 e. The molecule has 3 aromatic rings. The number of rotatable bonds is 5. The highest BCUT2D eigenvalue weighted by Crippen LogP contribution is 2.28. The molecule has 7 heteroatoms. The second-order valence-electron chi connectivity index (χ2n) is 7.00. The highest BCUT2D eigenvalue weighted by molar-refractivity contribution is 9.10. The van der Waals surface area contributed by atoms with E-state index in [0.717, 1.165) is 40.1 Å². The highest BCUT2D eigenvalue weighted by atomic mass is 79.9. The van der Waals surface area contributed by atoms with Gasteiger partial charge in [-0.25, -0.2) is 0 Å². The zero-order valence-corrected chi connectivity index (χ0v) is 17.9. The van der Waals surface area contributed by atoms with Gasteiger partial charge in [-0.3, -0.25) is 9.48 Å². The fraction of sp³-hybridized carbons (Fsp3) is 0.273. The van der Waals surface area contributed by atoms with Crippen LogP contribution >= 0.6 is 15.9 Å². The Morgan fingerprint density at radius 1 is 1.07 bits per heavy atom. The van der Waals surface area contributed by atoms with E-state index in [-0.39, 0.29) is 5.91 Å². The van der Waals surface area contributed by atoms with Crippen molar-refractivity contribution in [1.82, 2.24) is 14.7 Å². The van der Waals surface area contributed by atoms with Crippen LogP contribution in [0.3, 0.4) is 0 Å². The molecule has 0 bridgehead atoms. The van der Waals surface area contributed by atoms with E-state index in [1.54, 1.807) is 13.3 Å². The maximum atomic E-state index is 12.9. The van der Waals surface area contributed by atoms with Crippen LogP contribution in [0.5, 0.6) is 5.75 Å². The maximum absolute atomic E-state index is 12.9. The minimum atomic E-state index is 0.0815. The Bertz CT molecular complexity index is 978. The maximum Gasteiger partial charge on any atom is 0.253 e. The van der Waals surface area contributed by atoms with Gasteiger partial charge in [0.1, 0.15) is 5.75 Å². The van der Waals surface area contributed by atoms with E-state index in [2.05, 4.69) is 32.0 Å². The van der Waals surface area contributed by atoms with Crippen molar-refractivity contribution < 1.29 is 9.53 Å². The lowest BCUT2D eigenvalue weighted by Crippen LogP contribution is -2.48. The zero-order chi connectivity index (χ0) is 20.2. The summed E-state index contributed by atoms with van der Waals surface area (Å²) >= 11 is 3.40. The molecule has 4 rings (SSSR count). The number of carbonyl (C=O) groups excluding carboxylic acids is 1. The predicted octanol–water partition coefficient (Wildman–Crippen LogP) is 3.66. The van der Waals surface area contributed by atoms with Crippen LogP contribution in [-0.4, -0.2) is 53.9 Å². The van der Waals surface area contributed by atoms with Crippen molar-refractivity contribution in [2.24, 2.45) is 0 Å². The van der Waals surface area contributed by atoms with E-state index in [9.17, 15) is 4.79 Å². The number of hydrogen-bond acceptors (Lipinski definition) is 4. The summed E-state index contributed by atoms with van der Waals surface area (Å²) in [6, 6.07) is 15.8. The van der Waals surface area contributed by atoms with Gasteiger partial charge in [0.2, 0.25) is 0 Å². The van der Waals surface area contributed by atoms with Crippen molar-refractivity contribution in [3.63, 3.8) is 0 Å². The lowest BCUT2D eigenvalue weighted by atomic mass is 10.1. The number of hydrogen-bond donors (Lipinski definition) is 0. The molecule has 0 atom stereocenters. The third-order valence-corrected chi connectivity index (χ3v) is 5.55. The lowest BCUT2D eigenvalue weighted by molar-refractivity contribution is 0.0746. The number of aromatic nitrogens is 2. The molecule has 1 aromatic heterocycles. The summed E-state index contributed by atoms with van der Waals surface area (Å²) in [6.07, 6.45) is 3.70. The van der Waals surface area contributed by atoms with Gasteiger partial charge in [0.15, 0.2) is 0 Å². The van der Waals surface area contributed by atoms with Gasteiger partial charge in [-0.15, -0.1) is 0 Å². The fourth-order valence-corrected chi connectivity index (χ4v) is 3.92. The molecule has 0 radical (unpaired) electrons. The monoisotopic (exact) mass is 454 g/mol. The molecular formula is C22H23BrN4O2. The summed E-state index contributed by atoms with van der Waals surface area (Å²) in [5.74, 6) is 0.949. The number of ether oxygens (including phenoxy) is 1. The minimum Gasteiger partial charge on any atom is -0.495 e. The first kappa shape index (κ1) is 19.5. The Morgan fingerprint density at radius 2 is 1.79 bits per heavy atom. The van der Waals surface area contributed by atoms with Crippen LogP contribution < -0.4 is 9.64 Å². The number of piperazine rings is 1. The largest absolute Gasteiger partial charge is 0.495 e. The lowest BCUT2D eigenvalue weighted by Gasteiger charge is -2.36. The Labute approximate surface area is 178 Å². The first-order chi connectivity index (χ1) is 14.1. The van der Waals surface area contributed by atoms with Crippen LogP contribution in [0.4, 0.5) is 5.69 Å². The molecule has 1 aliphatic heterocycles. The minimum absolute atomic E-state index is 0.0815. The number of nitrogens with zero attached hydrogens (tertiary/aromatic N) is 4. The van der Waals surface area contributed by atoms with Gasteiger partial charge in [0, 0.05) is 37.9 Å². The van der Waals surface area contributed by atoms with Crippen LogP contribution in [0.15, 0.2) is 65.4 Å². The Morgan fingerprint density at radius 3 is 2.45 bits per heavy atom. The van der Waals surface area contributed by atoms with Crippen LogP contribution in [0.2, 0.25) is 0 Å². The first-order valence-corrected chi connectivity index (χ1v) is 10.4. The second-order valence-corrected chi connectivity index (χ2v) is 7.92. The number of anilines is 1. The van der Waals surface area contributed by atoms with Gasteiger partial charge in [-0.05, 0) is 45.8 Å². The van der Waals surface area contributed by atoms with Gasteiger partial charge in [0.05, 0.1) is 30.0 Å². The second kappa shape index (κ2) is 8.69. The number of methoxy groups -OCH3 is 1. The van der Waals surface area contributed by atoms with E-state index in [4.69, 9.17) is 4.74 Å². The van der Waals surface area contributed by atoms with E-state index < -0.39 is 0 Å². The average Bonchev–Trinajstić information content (AvgIpc) is 3.18. The van der Waals surface area contributed by atoms with E-state index in [0.29, 0.717) is 19.6 Å². The van der Waals surface area contributed by atoms with Crippen molar-refractivity contribution in [2.45, 2.75) is 6.54 Å². The van der Waals surface area contributed by atoms with Crippen molar-refractivity contribution >= 4 is 27.5 Å². The Balaban J connectivity index is 1.37. The summed E-state index contributed by atoms with van der Waals surface area (Å²) in [7, 11) is 1.69. The molecule has 6 nitrogen and oxygen atoms in total. The zero-order valence-electron chi connectivity index (χ0n) is 16.3. The molecule has 1 fully saturated rings. The number of carbonyl (C=O) groups is 1. The van der Waals surface area contributed by atoms with Crippen molar-refractivity contribution in [1.29, 1.82) is 0 Å². The summed E-state index contributed by atoms with van der Waals surface area (Å²) in [5.41, 5.74) is 2.91. The number of halogens is 1. The van der Waals surface area contributed by atoms with Crippen LogP contribution in [0.25, 0.3) is 0 Å². The molecule has 0 unspecified atom stereocenters. The molecule has 1 aliphatic rings.